The Bertz CT molecular complexity index is 1120. The number of halogens is 2. The van der Waals surface area contributed by atoms with Gasteiger partial charge in [0.15, 0.2) is 5.13 Å². The highest BCUT2D eigenvalue weighted by Crippen LogP contribution is 2.29. The van der Waals surface area contributed by atoms with Crippen LogP contribution in [0.4, 0.5) is 10.8 Å². The first-order valence-corrected chi connectivity index (χ1v) is 10.1. The van der Waals surface area contributed by atoms with Crippen LogP contribution in [0.3, 0.4) is 0 Å². The number of nitro benzene ring substituents is 1. The summed E-state index contributed by atoms with van der Waals surface area (Å²) in [6.07, 6.45) is 2.13. The van der Waals surface area contributed by atoms with Crippen molar-refractivity contribution in [3.05, 3.63) is 84.8 Å². The molecule has 11 heteroatoms. The van der Waals surface area contributed by atoms with Gasteiger partial charge in [-0.3, -0.25) is 19.7 Å². The lowest BCUT2D eigenvalue weighted by Crippen LogP contribution is -2.32. The average Bonchev–Trinajstić information content (AvgIpc) is 3.16. The molecule has 2 N–H and O–H groups in total. The van der Waals surface area contributed by atoms with E-state index in [-0.39, 0.29) is 17.8 Å². The molecule has 0 spiro atoms. The van der Waals surface area contributed by atoms with Crippen LogP contribution in [0, 0.1) is 10.1 Å². The number of nitrogens with one attached hydrogen (secondary N) is 2. The van der Waals surface area contributed by atoms with Crippen molar-refractivity contribution in [1.29, 1.82) is 0 Å². The van der Waals surface area contributed by atoms with Gasteiger partial charge >= 0.3 is 0 Å². The van der Waals surface area contributed by atoms with Crippen LogP contribution in [0.25, 0.3) is 0 Å². The number of carbonyl (C=O) groups is 2. The molecule has 30 heavy (non-hydrogen) atoms. The quantitative estimate of drug-likeness (QED) is 0.399. The van der Waals surface area contributed by atoms with E-state index in [9.17, 15) is 19.7 Å². The second kappa shape index (κ2) is 9.66. The molecule has 0 saturated carbocycles. The number of carbonyl (C=O) groups excluding carboxylic acids is 2. The van der Waals surface area contributed by atoms with E-state index >= 15 is 0 Å². The lowest BCUT2D eigenvalue weighted by Gasteiger charge is -2.05. The minimum absolute atomic E-state index is 0.0898. The van der Waals surface area contributed by atoms with E-state index < -0.39 is 16.7 Å². The molecule has 0 saturated heterocycles. The number of anilines is 1. The fraction of sp³-hybridized carbons (Fsp3) is 0.105. The fourth-order valence-electron chi connectivity index (χ4n) is 2.51. The number of aromatic nitrogens is 1. The predicted octanol–water partition coefficient (Wildman–Crippen LogP) is 4.32. The minimum Gasteiger partial charge on any atom is -0.343 e. The van der Waals surface area contributed by atoms with Crippen molar-refractivity contribution in [3.8, 4) is 0 Å². The molecule has 0 atom stereocenters. The van der Waals surface area contributed by atoms with Crippen LogP contribution < -0.4 is 10.6 Å². The van der Waals surface area contributed by atoms with Gasteiger partial charge in [0.2, 0.25) is 5.91 Å². The van der Waals surface area contributed by atoms with E-state index in [1.54, 1.807) is 18.3 Å². The molecule has 2 aromatic carbocycles. The third-order valence-electron chi connectivity index (χ3n) is 3.92. The van der Waals surface area contributed by atoms with E-state index in [0.29, 0.717) is 21.6 Å². The van der Waals surface area contributed by atoms with Crippen LogP contribution in [-0.2, 0) is 11.2 Å². The number of nitro groups is 1. The van der Waals surface area contributed by atoms with Crippen molar-refractivity contribution in [1.82, 2.24) is 10.3 Å². The number of amides is 2. The summed E-state index contributed by atoms with van der Waals surface area (Å²) in [6.45, 7) is -0.309. The van der Waals surface area contributed by atoms with Gasteiger partial charge < -0.3 is 10.6 Å². The highest BCUT2D eigenvalue weighted by atomic mass is 35.5. The molecule has 0 aliphatic rings. The van der Waals surface area contributed by atoms with Crippen molar-refractivity contribution >= 4 is 57.2 Å². The smallest absolute Gasteiger partial charge is 0.270 e. The largest absolute Gasteiger partial charge is 0.343 e. The Morgan fingerprint density at radius 1 is 1.17 bits per heavy atom. The third-order valence-corrected chi connectivity index (χ3v) is 5.70. The molecule has 0 fully saturated rings. The molecule has 0 radical (unpaired) electrons. The highest BCUT2D eigenvalue weighted by Gasteiger charge is 2.14. The van der Waals surface area contributed by atoms with Gasteiger partial charge in [-0.15, -0.1) is 11.3 Å². The van der Waals surface area contributed by atoms with Crippen LogP contribution in [0.1, 0.15) is 20.8 Å². The van der Waals surface area contributed by atoms with E-state index in [2.05, 4.69) is 15.6 Å². The number of hydrogen-bond donors (Lipinski definition) is 2. The van der Waals surface area contributed by atoms with Crippen molar-refractivity contribution in [2.24, 2.45) is 0 Å². The van der Waals surface area contributed by atoms with Crippen LogP contribution >= 0.6 is 34.5 Å². The van der Waals surface area contributed by atoms with E-state index in [1.807, 2.05) is 6.07 Å². The molecule has 1 heterocycles. The maximum Gasteiger partial charge on any atom is 0.270 e. The molecule has 0 aliphatic heterocycles. The lowest BCUT2D eigenvalue weighted by molar-refractivity contribution is -0.384. The second-order valence-corrected chi connectivity index (χ2v) is 7.96. The van der Waals surface area contributed by atoms with Gasteiger partial charge in [0.25, 0.3) is 11.6 Å². The molecular weight excluding hydrogens is 451 g/mol. The molecule has 1 aromatic heterocycles. The zero-order valence-electron chi connectivity index (χ0n) is 15.2. The zero-order valence-corrected chi connectivity index (χ0v) is 17.6. The average molecular weight is 465 g/mol. The summed E-state index contributed by atoms with van der Waals surface area (Å²) in [5, 5.41) is 17.1. The number of thiazole rings is 1. The number of non-ortho nitro benzene ring substituents is 1. The Labute approximate surface area is 185 Å². The summed E-state index contributed by atoms with van der Waals surface area (Å²) in [4.78, 5) is 39.4. The Morgan fingerprint density at radius 2 is 1.93 bits per heavy atom. The summed E-state index contributed by atoms with van der Waals surface area (Å²) in [6, 6.07) is 10.6. The van der Waals surface area contributed by atoms with Crippen molar-refractivity contribution in [3.63, 3.8) is 0 Å². The molecular formula is C19H14Cl2N4O4S. The van der Waals surface area contributed by atoms with Crippen LogP contribution in [-0.4, -0.2) is 28.3 Å². The molecule has 154 valence electrons. The summed E-state index contributed by atoms with van der Waals surface area (Å²) in [7, 11) is 0. The molecule has 3 rings (SSSR count). The normalized spacial score (nSPS) is 10.5. The third kappa shape index (κ3) is 5.53. The van der Waals surface area contributed by atoms with Gasteiger partial charge in [-0.1, -0.05) is 41.4 Å². The summed E-state index contributed by atoms with van der Waals surface area (Å²) < 4.78 is 0. The van der Waals surface area contributed by atoms with E-state index in [0.717, 1.165) is 16.5 Å². The zero-order chi connectivity index (χ0) is 21.7. The van der Waals surface area contributed by atoms with E-state index in [1.165, 1.54) is 29.5 Å². The number of nitrogens with zero attached hydrogens (tertiary/aromatic N) is 2. The van der Waals surface area contributed by atoms with Gasteiger partial charge in [-0.25, -0.2) is 4.98 Å². The van der Waals surface area contributed by atoms with Crippen LogP contribution in [0.2, 0.25) is 10.0 Å². The topological polar surface area (TPSA) is 114 Å². The summed E-state index contributed by atoms with van der Waals surface area (Å²) >= 11 is 13.5. The van der Waals surface area contributed by atoms with E-state index in [4.69, 9.17) is 23.2 Å². The highest BCUT2D eigenvalue weighted by molar-refractivity contribution is 7.15. The van der Waals surface area contributed by atoms with Crippen LogP contribution in [0.15, 0.2) is 48.7 Å². The minimum atomic E-state index is -0.597. The Balaban J connectivity index is 1.54. The molecule has 0 aliphatic carbocycles. The van der Waals surface area contributed by atoms with Gasteiger partial charge in [0.05, 0.1) is 21.5 Å². The van der Waals surface area contributed by atoms with Crippen molar-refractivity contribution in [2.75, 3.05) is 11.9 Å². The molecule has 0 bridgehead atoms. The Hall–Kier alpha value is -3.01. The Morgan fingerprint density at radius 3 is 2.70 bits per heavy atom. The molecule has 8 nitrogen and oxygen atoms in total. The number of hydrogen-bond acceptors (Lipinski definition) is 6. The molecule has 0 unspecified atom stereocenters. The number of rotatable bonds is 7. The fourth-order valence-corrected chi connectivity index (χ4v) is 3.75. The van der Waals surface area contributed by atoms with Crippen LogP contribution in [0.5, 0.6) is 0 Å². The first-order chi connectivity index (χ1) is 14.3. The SMILES string of the molecule is O=C(CNC(=O)c1cccc([N+](=O)[O-])c1)Nc1ncc(Cc2cccc(Cl)c2Cl)s1. The molecule has 2 amide bonds. The van der Waals surface area contributed by atoms with Gasteiger partial charge in [0, 0.05) is 35.2 Å². The first kappa shape index (κ1) is 21.7. The Kier molecular flexibility index (Phi) is 6.99. The molecule has 3 aromatic rings. The van der Waals surface area contributed by atoms with Crippen molar-refractivity contribution in [2.45, 2.75) is 6.42 Å². The monoisotopic (exact) mass is 464 g/mol. The number of benzene rings is 2. The van der Waals surface area contributed by atoms with Gasteiger partial charge in [0.1, 0.15) is 0 Å². The predicted molar refractivity (Wildman–Crippen MR) is 115 cm³/mol. The van der Waals surface area contributed by atoms with Gasteiger partial charge in [-0.2, -0.15) is 0 Å². The summed E-state index contributed by atoms with van der Waals surface area (Å²) in [5.74, 6) is -1.07. The standard InChI is InChI=1S/C19H14Cl2N4O4S/c20-15-6-2-3-11(17(15)21)8-14-9-23-19(30-14)24-16(26)10-22-18(27)12-4-1-5-13(7-12)25(28)29/h1-7,9H,8,10H2,(H,22,27)(H,23,24,26). The maximum absolute atomic E-state index is 12.1. The lowest BCUT2D eigenvalue weighted by atomic mass is 10.1. The summed E-state index contributed by atoms with van der Waals surface area (Å²) in [5.41, 5.74) is 0.726. The van der Waals surface area contributed by atoms with Crippen molar-refractivity contribution < 1.29 is 14.5 Å². The second-order valence-electron chi connectivity index (χ2n) is 6.06. The first-order valence-electron chi connectivity index (χ1n) is 8.53. The van der Waals surface area contributed by atoms with Gasteiger partial charge in [-0.05, 0) is 17.7 Å². The maximum atomic E-state index is 12.1.